The van der Waals surface area contributed by atoms with E-state index in [1.54, 1.807) is 51.2 Å². The Bertz CT molecular complexity index is 1890. The van der Waals surface area contributed by atoms with Gasteiger partial charge in [0.05, 0.1) is 50.0 Å². The summed E-state index contributed by atoms with van der Waals surface area (Å²) in [5.74, 6) is -1.09. The maximum Gasteiger partial charge on any atom is 0.421 e. The summed E-state index contributed by atoms with van der Waals surface area (Å²) in [6.45, 7) is 12.0. The van der Waals surface area contributed by atoms with Crippen molar-refractivity contribution in [3.8, 4) is 5.75 Å². The summed E-state index contributed by atoms with van der Waals surface area (Å²) < 4.78 is 77.8. The number of benzene rings is 2. The van der Waals surface area contributed by atoms with Crippen LogP contribution in [0, 0.1) is 0 Å². The highest BCUT2D eigenvalue weighted by atomic mass is 31.2. The van der Waals surface area contributed by atoms with E-state index in [4.69, 9.17) is 18.5 Å². The summed E-state index contributed by atoms with van der Waals surface area (Å²) in [5, 5.41) is 5.71. The lowest BCUT2D eigenvalue weighted by molar-refractivity contribution is -0.156. The van der Waals surface area contributed by atoms with Gasteiger partial charge in [0.1, 0.15) is 22.7 Å². The van der Waals surface area contributed by atoms with Gasteiger partial charge in [0.15, 0.2) is 0 Å². The van der Waals surface area contributed by atoms with Gasteiger partial charge in [-0.05, 0) is 64.4 Å². The van der Waals surface area contributed by atoms with Gasteiger partial charge in [0.25, 0.3) is 5.91 Å². The number of esters is 1. The van der Waals surface area contributed by atoms with Crippen LogP contribution in [-0.2, 0) is 42.0 Å². The molecule has 2 aromatic carbocycles. The number of alkyl halides is 3. The van der Waals surface area contributed by atoms with Crippen LogP contribution in [-0.4, -0.2) is 97.3 Å². The molecule has 2 aliphatic heterocycles. The van der Waals surface area contributed by atoms with E-state index in [1.807, 2.05) is 25.7 Å². The van der Waals surface area contributed by atoms with Gasteiger partial charge in [-0.1, -0.05) is 6.07 Å². The number of ether oxygens (including phenoxy) is 2. The Hall–Kier alpha value is -4.44. The van der Waals surface area contributed by atoms with Crippen LogP contribution < -0.4 is 20.3 Å². The normalized spacial score (nSPS) is 15.3. The summed E-state index contributed by atoms with van der Waals surface area (Å²) in [4.78, 5) is 39.6. The molecule has 0 aliphatic carbocycles. The lowest BCUT2D eigenvalue weighted by Crippen LogP contribution is -2.49. The van der Waals surface area contributed by atoms with E-state index in [0.717, 1.165) is 5.69 Å². The minimum absolute atomic E-state index is 0.0164. The molecule has 0 unspecified atom stereocenters. The number of halogens is 3. The highest BCUT2D eigenvalue weighted by Gasteiger charge is 2.37. The first-order valence-electron chi connectivity index (χ1n) is 17.6. The van der Waals surface area contributed by atoms with E-state index in [2.05, 4.69) is 25.5 Å². The molecule has 14 nitrogen and oxygen atoms in total. The average molecular weight is 778 g/mol. The van der Waals surface area contributed by atoms with Gasteiger partial charge < -0.3 is 39.0 Å². The Morgan fingerprint density at radius 3 is 2.26 bits per heavy atom. The molecule has 0 atom stereocenters. The minimum atomic E-state index is -4.82. The fourth-order valence-electron chi connectivity index (χ4n) is 6.32. The van der Waals surface area contributed by atoms with Crippen molar-refractivity contribution in [2.45, 2.75) is 59.1 Å². The fourth-order valence-corrected chi connectivity index (χ4v) is 8.01. The largest absolute Gasteiger partial charge is 0.495 e. The number of fused-ring (bicyclic) bond motifs is 1. The zero-order chi connectivity index (χ0) is 39.4. The Kier molecular flexibility index (Phi) is 12.5. The molecule has 2 aliphatic rings. The van der Waals surface area contributed by atoms with Crippen molar-refractivity contribution in [1.29, 1.82) is 0 Å². The van der Waals surface area contributed by atoms with Crippen LogP contribution in [0.3, 0.4) is 0 Å². The summed E-state index contributed by atoms with van der Waals surface area (Å²) in [5.41, 5.74) is 1.10. The van der Waals surface area contributed by atoms with Gasteiger partial charge in [0, 0.05) is 57.2 Å². The summed E-state index contributed by atoms with van der Waals surface area (Å²) in [7, 11) is -0.369. The van der Waals surface area contributed by atoms with E-state index < -0.39 is 30.8 Å². The van der Waals surface area contributed by atoms with E-state index in [1.165, 1.54) is 12.0 Å². The smallest absolute Gasteiger partial charge is 0.421 e. The fraction of sp³-hybridized carbons (Fsp3) is 0.500. The molecule has 54 heavy (non-hydrogen) atoms. The highest BCUT2D eigenvalue weighted by Crippen LogP contribution is 2.52. The van der Waals surface area contributed by atoms with Crippen LogP contribution in [0.25, 0.3) is 0 Å². The molecule has 1 amide bonds. The van der Waals surface area contributed by atoms with Crippen LogP contribution >= 0.6 is 7.60 Å². The number of piperazine rings is 1. The van der Waals surface area contributed by atoms with Crippen molar-refractivity contribution in [1.82, 2.24) is 19.8 Å². The monoisotopic (exact) mass is 777 g/mol. The zero-order valence-electron chi connectivity index (χ0n) is 31.5. The molecule has 0 bridgehead atoms. The number of carbonyl (C=O) groups is 2. The van der Waals surface area contributed by atoms with E-state index in [0.29, 0.717) is 49.2 Å². The molecule has 0 saturated carbocycles. The number of methoxy groups -OCH3 is 1. The molecular formula is C36H47F3N7O7P. The number of hydrogen-bond acceptors (Lipinski definition) is 13. The average Bonchev–Trinajstić information content (AvgIpc) is 3.38. The zero-order valence-corrected chi connectivity index (χ0v) is 32.4. The maximum absolute atomic E-state index is 14.3. The van der Waals surface area contributed by atoms with Gasteiger partial charge in [-0.15, -0.1) is 0 Å². The molecule has 294 valence electrons. The van der Waals surface area contributed by atoms with Crippen molar-refractivity contribution in [2.24, 2.45) is 0 Å². The van der Waals surface area contributed by atoms with Crippen LogP contribution in [0.15, 0.2) is 36.5 Å². The highest BCUT2D eigenvalue weighted by molar-refractivity contribution is 7.53. The van der Waals surface area contributed by atoms with Crippen molar-refractivity contribution in [2.75, 3.05) is 75.6 Å². The first kappa shape index (κ1) is 40.7. The second-order valence-corrected chi connectivity index (χ2v) is 15.9. The Balaban J connectivity index is 1.39. The lowest BCUT2D eigenvalue weighted by atomic mass is 10.0. The first-order chi connectivity index (χ1) is 25.4. The number of carbonyl (C=O) groups excluding carboxylic acids is 2. The van der Waals surface area contributed by atoms with Gasteiger partial charge in [-0.2, -0.15) is 18.2 Å². The summed E-state index contributed by atoms with van der Waals surface area (Å²) in [6, 6.07) is 8.24. The third-order valence-corrected chi connectivity index (χ3v) is 10.7. The third kappa shape index (κ3) is 9.80. The second kappa shape index (κ2) is 16.5. The predicted molar refractivity (Wildman–Crippen MR) is 198 cm³/mol. The first-order valence-corrected chi connectivity index (χ1v) is 19.3. The third-order valence-electron chi connectivity index (χ3n) is 8.62. The molecule has 3 heterocycles. The summed E-state index contributed by atoms with van der Waals surface area (Å²) in [6.07, 6.45) is -4.17. The topological polar surface area (TPSA) is 148 Å². The van der Waals surface area contributed by atoms with Gasteiger partial charge in [-0.25, -0.2) is 4.98 Å². The maximum atomic E-state index is 14.3. The van der Waals surface area contributed by atoms with Crippen molar-refractivity contribution >= 4 is 48.3 Å². The molecule has 1 aromatic heterocycles. The Morgan fingerprint density at radius 1 is 0.981 bits per heavy atom. The molecule has 18 heteroatoms. The van der Waals surface area contributed by atoms with Gasteiger partial charge in [0.2, 0.25) is 5.95 Å². The SMILES string of the molecule is CCOP(=O)(Cc1ccc(Nc2ncc(C(F)(F)F)c(Nc3ccc(N4CCN(CC(=O)OC(C)(C)C)CC4)c4c3C(=O)N(C)C4)n2)c(OC)c1)OCC. The number of rotatable bonds is 14. The Labute approximate surface area is 312 Å². The van der Waals surface area contributed by atoms with E-state index in [-0.39, 0.29) is 67.3 Å². The van der Waals surface area contributed by atoms with Crippen molar-refractivity contribution in [3.63, 3.8) is 0 Å². The van der Waals surface area contributed by atoms with Crippen LogP contribution in [0.1, 0.15) is 61.7 Å². The van der Waals surface area contributed by atoms with Gasteiger partial charge >= 0.3 is 19.7 Å². The predicted octanol–water partition coefficient (Wildman–Crippen LogP) is 6.81. The molecular weight excluding hydrogens is 730 g/mol. The number of amides is 1. The quantitative estimate of drug-likeness (QED) is 0.131. The number of anilines is 5. The summed E-state index contributed by atoms with van der Waals surface area (Å²) >= 11 is 0. The molecule has 1 saturated heterocycles. The number of nitrogens with one attached hydrogen (secondary N) is 2. The van der Waals surface area contributed by atoms with Crippen LogP contribution in [0.4, 0.5) is 42.0 Å². The van der Waals surface area contributed by atoms with Crippen molar-refractivity contribution in [3.05, 3.63) is 58.8 Å². The second-order valence-electron chi connectivity index (χ2n) is 13.8. The molecule has 0 spiro atoms. The number of hydrogen-bond donors (Lipinski definition) is 2. The van der Waals surface area contributed by atoms with E-state index >= 15 is 0 Å². The van der Waals surface area contributed by atoms with Crippen LogP contribution in [0.5, 0.6) is 5.75 Å². The molecule has 0 radical (unpaired) electrons. The van der Waals surface area contributed by atoms with Gasteiger partial charge in [-0.3, -0.25) is 19.1 Å². The number of nitrogens with zero attached hydrogens (tertiary/aromatic N) is 5. The lowest BCUT2D eigenvalue weighted by Gasteiger charge is -2.37. The standard InChI is InChI=1S/C36H47F3N7O7P/c1-8-51-54(49,52-9-2)22-23-10-11-26(29(18-23)50-7)42-34-40-19-25(36(37,38)39)32(43-34)41-27-12-13-28(24-20-44(6)33(48)31(24)27)46-16-14-45(15-17-46)21-30(47)53-35(3,4)5/h10-13,18-19H,8-9,14-17,20-22H2,1-7H3,(H2,40,41,42,43). The van der Waals surface area contributed by atoms with Crippen LogP contribution in [0.2, 0.25) is 0 Å². The molecule has 5 rings (SSSR count). The van der Waals surface area contributed by atoms with E-state index in [9.17, 15) is 27.3 Å². The molecule has 2 N–H and O–H groups in total. The number of aromatic nitrogens is 2. The van der Waals surface area contributed by atoms with Crippen molar-refractivity contribution < 1.29 is 45.8 Å². The Morgan fingerprint density at radius 2 is 1.65 bits per heavy atom. The minimum Gasteiger partial charge on any atom is -0.495 e. The molecule has 3 aromatic rings. The molecule has 1 fully saturated rings.